The van der Waals surface area contributed by atoms with Crippen molar-refractivity contribution in [3.63, 3.8) is 0 Å². The fraction of sp³-hybridized carbons (Fsp3) is 0.125. The Bertz CT molecular complexity index is 361. The third kappa shape index (κ3) is 1.38. The quantitative estimate of drug-likeness (QED) is 0.375. The Kier molecular flexibility index (Phi) is 2.07. The summed E-state index contributed by atoms with van der Waals surface area (Å²) in [6.45, 7) is 0. The van der Waals surface area contributed by atoms with Crippen LogP contribution in [-0.4, -0.2) is 4.57 Å². The minimum Gasteiger partial charge on any atom is -1.00 e. The molecule has 0 aliphatic carbocycles. The minimum absolute atomic E-state index is 0. The minimum atomic E-state index is 0. The number of halogens is 1. The number of aromatic nitrogens is 2. The lowest BCUT2D eigenvalue weighted by Crippen LogP contribution is -3.00. The maximum Gasteiger partial charge on any atom is 0.285 e. The van der Waals surface area contributed by atoms with Crippen molar-refractivity contribution in [2.24, 2.45) is 7.05 Å². The first-order valence-electron chi connectivity index (χ1n) is 3.71. The van der Waals surface area contributed by atoms with Crippen LogP contribution < -0.4 is 28.4 Å². The average Bonchev–Trinajstić information content (AvgIpc) is 2.30. The van der Waals surface area contributed by atoms with Gasteiger partial charge in [0.2, 0.25) is 0 Å². The average molecular weight is 261 g/mol. The molecule has 11 heavy (non-hydrogen) atoms. The van der Waals surface area contributed by atoms with Crippen LogP contribution >= 0.6 is 0 Å². The van der Waals surface area contributed by atoms with Gasteiger partial charge in [-0.25, -0.2) is 8.97 Å². The number of fused-ring (bicyclic) bond motifs is 1. The second-order valence-electron chi connectivity index (χ2n) is 2.30. The van der Waals surface area contributed by atoms with Crippen molar-refractivity contribution in [1.82, 2.24) is 4.57 Å². The molecule has 0 radical (unpaired) electrons. The maximum atomic E-state index is 7.53. The standard InChI is InChI=1S/C8H9N2.HI/c1-9-6-7-10-5-3-2-4-8(9)10;/h2-7H,1H3;1H/q+1;/p-1/i7D;. The summed E-state index contributed by atoms with van der Waals surface area (Å²) in [5.41, 5.74) is 1.04. The van der Waals surface area contributed by atoms with Crippen LogP contribution in [0.1, 0.15) is 1.37 Å². The summed E-state index contributed by atoms with van der Waals surface area (Å²) >= 11 is 0. The molecule has 2 aromatic heterocycles. The topological polar surface area (TPSA) is 9.03 Å². The lowest BCUT2D eigenvalue weighted by Gasteiger charge is -1.84. The molecule has 0 N–H and O–H groups in total. The summed E-state index contributed by atoms with van der Waals surface area (Å²) < 4.78 is 11.3. The first-order chi connectivity index (χ1) is 5.29. The third-order valence-electron chi connectivity index (χ3n) is 1.59. The van der Waals surface area contributed by atoms with Crippen molar-refractivity contribution in [1.29, 1.82) is 0 Å². The smallest absolute Gasteiger partial charge is 0.285 e. The van der Waals surface area contributed by atoms with Gasteiger partial charge in [-0.3, -0.25) is 0 Å². The number of rotatable bonds is 0. The molecule has 2 aromatic rings. The molecule has 3 heteroatoms. The van der Waals surface area contributed by atoms with Crippen LogP contribution in [0, 0.1) is 0 Å². The van der Waals surface area contributed by atoms with Crippen molar-refractivity contribution >= 4 is 5.65 Å². The van der Waals surface area contributed by atoms with Crippen molar-refractivity contribution in [3.05, 3.63) is 36.8 Å². The Hall–Kier alpha value is -0.580. The number of aryl methyl sites for hydroxylation is 1. The Morgan fingerprint density at radius 1 is 1.55 bits per heavy atom. The van der Waals surface area contributed by atoms with Crippen molar-refractivity contribution in [2.45, 2.75) is 0 Å². The van der Waals surface area contributed by atoms with Crippen LogP contribution in [0.2, 0.25) is 0 Å². The zero-order valence-electron chi connectivity index (χ0n) is 7.16. The number of hydrogen-bond donors (Lipinski definition) is 0. The van der Waals surface area contributed by atoms with E-state index in [9.17, 15) is 0 Å². The van der Waals surface area contributed by atoms with E-state index in [0.29, 0.717) is 6.17 Å². The van der Waals surface area contributed by atoms with E-state index in [1.165, 1.54) is 0 Å². The van der Waals surface area contributed by atoms with Gasteiger partial charge in [-0.05, 0) is 6.07 Å². The van der Waals surface area contributed by atoms with Gasteiger partial charge in [0.05, 0.1) is 13.2 Å². The van der Waals surface area contributed by atoms with Gasteiger partial charge in [0.15, 0.2) is 0 Å². The van der Waals surface area contributed by atoms with E-state index in [0.717, 1.165) is 5.65 Å². The van der Waals surface area contributed by atoms with Crippen molar-refractivity contribution < 1.29 is 29.7 Å². The fourth-order valence-electron chi connectivity index (χ4n) is 1.05. The third-order valence-corrected chi connectivity index (χ3v) is 1.59. The van der Waals surface area contributed by atoms with Gasteiger partial charge in [-0.15, -0.1) is 0 Å². The van der Waals surface area contributed by atoms with Crippen LogP contribution in [0.25, 0.3) is 5.65 Å². The Labute approximate surface area is 83.9 Å². The van der Waals surface area contributed by atoms with Crippen LogP contribution in [0.5, 0.6) is 0 Å². The number of pyridine rings is 1. The highest BCUT2D eigenvalue weighted by atomic mass is 127. The first-order valence-corrected chi connectivity index (χ1v) is 3.21. The Balaban J connectivity index is 0.000000720. The molecule has 0 unspecified atom stereocenters. The molecule has 0 aliphatic rings. The number of hydrogen-bond acceptors (Lipinski definition) is 0. The van der Waals surface area contributed by atoms with Gasteiger partial charge in [0.25, 0.3) is 5.65 Å². The zero-order valence-corrected chi connectivity index (χ0v) is 8.32. The monoisotopic (exact) mass is 261 g/mol. The van der Waals surface area contributed by atoms with Gasteiger partial charge in [-0.2, -0.15) is 0 Å². The summed E-state index contributed by atoms with van der Waals surface area (Å²) in [6, 6.07) is 5.87. The van der Waals surface area contributed by atoms with Gasteiger partial charge >= 0.3 is 0 Å². The molecule has 0 atom stereocenters. The SMILES string of the molecule is [2H]c1cn(C)c2cccc[n+]12.[I-]. The highest BCUT2D eigenvalue weighted by Crippen LogP contribution is 1.92. The lowest BCUT2D eigenvalue weighted by atomic mass is 10.5. The lowest BCUT2D eigenvalue weighted by molar-refractivity contribution is -0.510. The number of nitrogens with zero attached hydrogens (tertiary/aromatic N) is 2. The predicted octanol–water partition coefficient (Wildman–Crippen LogP) is -2.23. The molecule has 0 bridgehead atoms. The Morgan fingerprint density at radius 3 is 3.09 bits per heavy atom. The number of imidazole rings is 1. The fourth-order valence-corrected chi connectivity index (χ4v) is 1.05. The van der Waals surface area contributed by atoms with Crippen LogP contribution in [0.4, 0.5) is 0 Å². The molecule has 2 heterocycles. The normalized spacial score (nSPS) is 10.8. The molecule has 0 aliphatic heterocycles. The van der Waals surface area contributed by atoms with E-state index in [4.69, 9.17) is 1.37 Å². The molecule has 0 saturated heterocycles. The van der Waals surface area contributed by atoms with E-state index in [1.54, 1.807) is 6.20 Å². The highest BCUT2D eigenvalue weighted by molar-refractivity contribution is 5.28. The molecule has 0 saturated carbocycles. The molecule has 0 fully saturated rings. The van der Waals surface area contributed by atoms with Gasteiger partial charge in [0.1, 0.15) is 13.7 Å². The second-order valence-corrected chi connectivity index (χ2v) is 2.30. The highest BCUT2D eigenvalue weighted by Gasteiger charge is 2.00. The van der Waals surface area contributed by atoms with E-state index < -0.39 is 0 Å². The van der Waals surface area contributed by atoms with Gasteiger partial charge in [-0.1, -0.05) is 6.07 Å². The summed E-state index contributed by atoms with van der Waals surface area (Å²) in [4.78, 5) is 0. The molecule has 0 aromatic carbocycles. The van der Waals surface area contributed by atoms with Gasteiger partial charge in [0, 0.05) is 6.07 Å². The van der Waals surface area contributed by atoms with E-state index in [-0.39, 0.29) is 24.0 Å². The molecular weight excluding hydrogens is 251 g/mol. The predicted molar refractivity (Wildman–Crippen MR) is 38.6 cm³/mol. The van der Waals surface area contributed by atoms with Crippen molar-refractivity contribution in [2.75, 3.05) is 0 Å². The maximum absolute atomic E-state index is 7.53. The van der Waals surface area contributed by atoms with Crippen LogP contribution in [0.3, 0.4) is 0 Å². The summed E-state index contributed by atoms with van der Waals surface area (Å²) in [5.74, 6) is 0. The van der Waals surface area contributed by atoms with E-state index >= 15 is 0 Å². The molecule has 2 rings (SSSR count). The molecule has 2 nitrogen and oxygen atoms in total. The second kappa shape index (κ2) is 3.21. The molecular formula is C8H9IN2. The molecule has 0 amide bonds. The van der Waals surface area contributed by atoms with Crippen LogP contribution in [0.15, 0.2) is 36.8 Å². The zero-order chi connectivity index (χ0) is 7.84. The van der Waals surface area contributed by atoms with Crippen molar-refractivity contribution in [3.8, 4) is 0 Å². The van der Waals surface area contributed by atoms with Crippen LogP contribution in [-0.2, 0) is 7.05 Å². The first kappa shape index (κ1) is 7.09. The Morgan fingerprint density at radius 2 is 2.36 bits per heavy atom. The van der Waals surface area contributed by atoms with E-state index in [2.05, 4.69) is 0 Å². The molecule has 0 spiro atoms. The summed E-state index contributed by atoms with van der Waals surface area (Å²) in [5, 5.41) is 0. The molecule has 58 valence electrons. The largest absolute Gasteiger partial charge is 1.00 e. The summed E-state index contributed by atoms with van der Waals surface area (Å²) in [6.07, 6.45) is 4.19. The van der Waals surface area contributed by atoms with E-state index in [1.807, 2.05) is 40.4 Å². The van der Waals surface area contributed by atoms with Gasteiger partial charge < -0.3 is 24.0 Å². The summed E-state index contributed by atoms with van der Waals surface area (Å²) in [7, 11) is 1.94.